The van der Waals surface area contributed by atoms with Gasteiger partial charge in [-0.25, -0.2) is 4.79 Å². The number of aromatic carboxylic acids is 1. The lowest BCUT2D eigenvalue weighted by Gasteiger charge is -2.06. The zero-order valence-electron chi connectivity index (χ0n) is 9.01. The first-order chi connectivity index (χ1) is 8.20. The number of carbonyl (C=O) groups is 1. The molecule has 0 spiro atoms. The molecular formula is C11H10N2O3S. The van der Waals surface area contributed by atoms with Crippen LogP contribution in [-0.2, 0) is 0 Å². The number of rotatable bonds is 4. The van der Waals surface area contributed by atoms with E-state index in [1.165, 1.54) is 0 Å². The second kappa shape index (κ2) is 4.92. The summed E-state index contributed by atoms with van der Waals surface area (Å²) in [5.74, 6) is -1.11. The van der Waals surface area contributed by atoms with Crippen molar-refractivity contribution in [1.29, 1.82) is 0 Å². The molecule has 88 valence electrons. The van der Waals surface area contributed by atoms with Gasteiger partial charge in [-0.05, 0) is 18.4 Å². The Bertz CT molecular complexity index is 539. The van der Waals surface area contributed by atoms with Gasteiger partial charge in [0.25, 0.3) is 6.01 Å². The third-order valence-corrected chi connectivity index (χ3v) is 2.87. The molecule has 2 N–H and O–H groups in total. The molecule has 1 aromatic carbocycles. The fourth-order valence-electron chi connectivity index (χ4n) is 1.29. The van der Waals surface area contributed by atoms with Crippen LogP contribution in [0.15, 0.2) is 39.8 Å². The average Bonchev–Trinajstić information content (AvgIpc) is 2.78. The molecule has 0 fully saturated rings. The molecule has 6 heteroatoms. The maximum Gasteiger partial charge on any atom is 0.357 e. The van der Waals surface area contributed by atoms with Gasteiger partial charge in [-0.1, -0.05) is 12.1 Å². The van der Waals surface area contributed by atoms with Gasteiger partial charge in [0, 0.05) is 4.90 Å². The number of hydrogen-bond donors (Lipinski definition) is 2. The highest BCUT2D eigenvalue weighted by molar-refractivity contribution is 7.98. The van der Waals surface area contributed by atoms with Gasteiger partial charge in [-0.15, -0.1) is 11.8 Å². The molecule has 0 bridgehead atoms. The van der Waals surface area contributed by atoms with Crippen molar-refractivity contribution in [2.45, 2.75) is 4.90 Å². The number of aromatic nitrogens is 1. The van der Waals surface area contributed by atoms with Crippen LogP contribution in [0.2, 0.25) is 0 Å². The maximum atomic E-state index is 10.6. The van der Waals surface area contributed by atoms with Gasteiger partial charge in [0.05, 0.1) is 5.69 Å². The minimum atomic E-state index is -1.11. The Labute approximate surface area is 102 Å². The normalized spacial score (nSPS) is 10.2. The first-order valence-corrected chi connectivity index (χ1v) is 6.02. The number of nitrogens with zero attached hydrogens (tertiary/aromatic N) is 1. The highest BCUT2D eigenvalue weighted by Crippen LogP contribution is 2.27. The fourth-order valence-corrected chi connectivity index (χ4v) is 1.85. The summed E-state index contributed by atoms with van der Waals surface area (Å²) in [6, 6.07) is 7.80. The molecule has 2 aromatic rings. The van der Waals surface area contributed by atoms with E-state index < -0.39 is 5.97 Å². The minimum Gasteiger partial charge on any atom is -0.476 e. The predicted molar refractivity (Wildman–Crippen MR) is 65.0 cm³/mol. The molecule has 17 heavy (non-hydrogen) atoms. The molecular weight excluding hydrogens is 240 g/mol. The van der Waals surface area contributed by atoms with E-state index in [1.54, 1.807) is 11.8 Å². The van der Waals surface area contributed by atoms with Crippen LogP contribution < -0.4 is 5.32 Å². The molecule has 0 aliphatic rings. The number of oxazole rings is 1. The number of nitrogens with one attached hydrogen (secondary N) is 1. The Hall–Kier alpha value is -1.95. The first kappa shape index (κ1) is 11.5. The number of anilines is 2. The van der Waals surface area contributed by atoms with Gasteiger partial charge in [-0.2, -0.15) is 4.98 Å². The van der Waals surface area contributed by atoms with Crippen molar-refractivity contribution in [1.82, 2.24) is 4.98 Å². The zero-order chi connectivity index (χ0) is 12.3. The second-order valence-electron chi connectivity index (χ2n) is 3.17. The summed E-state index contributed by atoms with van der Waals surface area (Å²) >= 11 is 1.58. The summed E-state index contributed by atoms with van der Waals surface area (Å²) in [5, 5.41) is 11.6. The third kappa shape index (κ3) is 2.59. The van der Waals surface area contributed by atoms with E-state index in [1.807, 2.05) is 30.5 Å². The van der Waals surface area contributed by atoms with E-state index in [0.717, 1.165) is 16.8 Å². The average molecular weight is 250 g/mol. The van der Waals surface area contributed by atoms with E-state index in [9.17, 15) is 4.79 Å². The Morgan fingerprint density at radius 2 is 2.24 bits per heavy atom. The van der Waals surface area contributed by atoms with E-state index in [4.69, 9.17) is 9.52 Å². The molecule has 0 aliphatic heterocycles. The summed E-state index contributed by atoms with van der Waals surface area (Å²) in [7, 11) is 0. The first-order valence-electron chi connectivity index (χ1n) is 4.79. The standard InChI is InChI=1S/C11H10N2O3S/c1-17-9-5-3-2-4-7(9)12-11-13-8(6-16-11)10(14)15/h2-6H,1H3,(H,12,13)(H,14,15). The molecule has 1 heterocycles. The molecule has 2 rings (SSSR count). The summed E-state index contributed by atoms with van der Waals surface area (Å²) in [6.45, 7) is 0. The van der Waals surface area contributed by atoms with Crippen molar-refractivity contribution in [3.05, 3.63) is 36.2 Å². The quantitative estimate of drug-likeness (QED) is 0.813. The van der Waals surface area contributed by atoms with E-state index in [-0.39, 0.29) is 11.7 Å². The summed E-state index contributed by atoms with van der Waals surface area (Å²) in [5.41, 5.74) is 0.716. The highest BCUT2D eigenvalue weighted by Gasteiger charge is 2.11. The number of hydrogen-bond acceptors (Lipinski definition) is 5. The van der Waals surface area contributed by atoms with Gasteiger partial charge in [0.1, 0.15) is 6.26 Å². The number of para-hydroxylation sites is 1. The van der Waals surface area contributed by atoms with E-state index >= 15 is 0 Å². The van der Waals surface area contributed by atoms with Gasteiger partial charge < -0.3 is 14.8 Å². The number of carboxylic acids is 1. The molecule has 0 aliphatic carbocycles. The van der Waals surface area contributed by atoms with Crippen LogP contribution in [0.4, 0.5) is 11.7 Å². The molecule has 0 radical (unpaired) electrons. The number of benzene rings is 1. The second-order valence-corrected chi connectivity index (χ2v) is 4.02. The SMILES string of the molecule is CSc1ccccc1Nc1nc(C(=O)O)co1. The summed E-state index contributed by atoms with van der Waals surface area (Å²) in [4.78, 5) is 15.5. The van der Waals surface area contributed by atoms with Gasteiger partial charge in [0.15, 0.2) is 5.69 Å². The van der Waals surface area contributed by atoms with Crippen LogP contribution in [0.5, 0.6) is 0 Å². The van der Waals surface area contributed by atoms with Gasteiger partial charge >= 0.3 is 5.97 Å². The lowest BCUT2D eigenvalue weighted by atomic mass is 10.3. The van der Waals surface area contributed by atoms with Crippen LogP contribution >= 0.6 is 11.8 Å². The molecule has 0 saturated carbocycles. The van der Waals surface area contributed by atoms with Crippen LogP contribution in [0.1, 0.15) is 10.5 Å². The Morgan fingerprint density at radius 1 is 1.47 bits per heavy atom. The van der Waals surface area contributed by atoms with Crippen molar-refractivity contribution in [2.24, 2.45) is 0 Å². The molecule has 0 saturated heterocycles. The van der Waals surface area contributed by atoms with Gasteiger partial charge in [-0.3, -0.25) is 0 Å². The van der Waals surface area contributed by atoms with Crippen molar-refractivity contribution in [3.8, 4) is 0 Å². The third-order valence-electron chi connectivity index (χ3n) is 2.07. The maximum absolute atomic E-state index is 10.6. The summed E-state index contributed by atoms with van der Waals surface area (Å²) < 4.78 is 5.02. The lowest BCUT2D eigenvalue weighted by molar-refractivity contribution is 0.0690. The highest BCUT2D eigenvalue weighted by atomic mass is 32.2. The monoisotopic (exact) mass is 250 g/mol. The molecule has 0 amide bonds. The number of thioether (sulfide) groups is 1. The molecule has 0 atom stereocenters. The van der Waals surface area contributed by atoms with Crippen LogP contribution in [0.3, 0.4) is 0 Å². The Morgan fingerprint density at radius 3 is 2.88 bits per heavy atom. The molecule has 0 unspecified atom stereocenters. The largest absolute Gasteiger partial charge is 0.476 e. The minimum absolute atomic E-state index is 0.117. The Kier molecular flexibility index (Phi) is 3.34. The van der Waals surface area contributed by atoms with Gasteiger partial charge in [0.2, 0.25) is 0 Å². The van der Waals surface area contributed by atoms with Crippen LogP contribution in [0.25, 0.3) is 0 Å². The Balaban J connectivity index is 2.22. The topological polar surface area (TPSA) is 75.4 Å². The van der Waals surface area contributed by atoms with Crippen LogP contribution in [0, 0.1) is 0 Å². The number of carboxylic acid groups (broad SMARTS) is 1. The van der Waals surface area contributed by atoms with Crippen molar-refractivity contribution < 1.29 is 14.3 Å². The fraction of sp³-hybridized carbons (Fsp3) is 0.0909. The molecule has 5 nitrogen and oxygen atoms in total. The lowest BCUT2D eigenvalue weighted by Crippen LogP contribution is -1.97. The zero-order valence-corrected chi connectivity index (χ0v) is 9.82. The van der Waals surface area contributed by atoms with Crippen molar-refractivity contribution >= 4 is 29.4 Å². The van der Waals surface area contributed by atoms with E-state index in [2.05, 4.69) is 10.3 Å². The van der Waals surface area contributed by atoms with E-state index in [0.29, 0.717) is 0 Å². The molecule has 1 aromatic heterocycles. The van der Waals surface area contributed by atoms with Crippen molar-refractivity contribution in [2.75, 3.05) is 11.6 Å². The smallest absolute Gasteiger partial charge is 0.357 e. The summed E-state index contributed by atoms with van der Waals surface area (Å²) in [6.07, 6.45) is 3.06. The van der Waals surface area contributed by atoms with Crippen molar-refractivity contribution in [3.63, 3.8) is 0 Å². The van der Waals surface area contributed by atoms with Crippen LogP contribution in [-0.4, -0.2) is 22.3 Å². The predicted octanol–water partition coefficient (Wildman–Crippen LogP) is 2.84.